The predicted molar refractivity (Wildman–Crippen MR) is 189 cm³/mol. The first kappa shape index (κ1) is 34.3. The number of nitrogens with two attached hydrogens (primary N) is 1. The van der Waals surface area contributed by atoms with Crippen LogP contribution in [-0.2, 0) is 27.2 Å². The molecule has 8 nitrogen and oxygen atoms in total. The van der Waals surface area contributed by atoms with Gasteiger partial charge in [0.25, 0.3) is 0 Å². The second-order valence-electron chi connectivity index (χ2n) is 13.8. The van der Waals surface area contributed by atoms with E-state index in [0.717, 1.165) is 54.0 Å². The van der Waals surface area contributed by atoms with Crippen molar-refractivity contribution in [2.75, 3.05) is 41.3 Å². The number of hydrogen-bond acceptors (Lipinski definition) is 5. The van der Waals surface area contributed by atoms with Crippen LogP contribution in [0, 0.1) is 0 Å². The van der Waals surface area contributed by atoms with Crippen LogP contribution in [0.5, 0.6) is 0 Å². The lowest BCUT2D eigenvalue weighted by molar-refractivity contribution is -0.149. The van der Waals surface area contributed by atoms with E-state index in [-0.39, 0.29) is 23.3 Å². The predicted octanol–water partition coefficient (Wildman–Crippen LogP) is 4.66. The van der Waals surface area contributed by atoms with E-state index in [1.807, 2.05) is 59.5 Å². The normalized spacial score (nSPS) is 17.8. The Labute approximate surface area is 280 Å². The molecule has 3 aromatic carbocycles. The molecule has 5 rings (SSSR count). The molecule has 0 bridgehead atoms. The summed E-state index contributed by atoms with van der Waals surface area (Å²) in [5.74, 6) is -0.555. The SMILES string of the molecule is CN(C)C1CCN(C(=O)[C@@H](Cc2ccccc2)N(C)C(=O)[C@H](Cc2ccc3ccccc3c2)N(C)C(=O)C=CCC2(N)CCC2)CC1. The van der Waals surface area contributed by atoms with E-state index in [4.69, 9.17) is 5.73 Å². The number of nitrogens with zero attached hydrogens (tertiary/aromatic N) is 4. The van der Waals surface area contributed by atoms with Gasteiger partial charge in [0.2, 0.25) is 17.7 Å². The highest BCUT2D eigenvalue weighted by molar-refractivity contribution is 5.95. The minimum atomic E-state index is -0.806. The smallest absolute Gasteiger partial charge is 0.246 e. The van der Waals surface area contributed by atoms with Crippen LogP contribution in [-0.4, -0.2) is 102 Å². The number of amides is 3. The lowest BCUT2D eigenvalue weighted by atomic mass is 9.75. The fourth-order valence-electron chi connectivity index (χ4n) is 6.91. The van der Waals surface area contributed by atoms with Crippen molar-refractivity contribution in [3.63, 3.8) is 0 Å². The van der Waals surface area contributed by atoms with Crippen molar-refractivity contribution in [3.05, 3.63) is 96.1 Å². The second kappa shape index (κ2) is 15.3. The second-order valence-corrected chi connectivity index (χ2v) is 13.8. The van der Waals surface area contributed by atoms with Crippen molar-refractivity contribution >= 4 is 28.5 Å². The van der Waals surface area contributed by atoms with Crippen LogP contribution in [0.4, 0.5) is 0 Å². The van der Waals surface area contributed by atoms with Crippen LogP contribution >= 0.6 is 0 Å². The molecule has 0 spiro atoms. The summed E-state index contributed by atoms with van der Waals surface area (Å²) < 4.78 is 0. The zero-order valence-corrected chi connectivity index (χ0v) is 28.5. The average Bonchev–Trinajstić information content (AvgIpc) is 3.08. The zero-order chi connectivity index (χ0) is 33.6. The molecular formula is C39H51N5O3. The Morgan fingerprint density at radius 2 is 1.47 bits per heavy atom. The van der Waals surface area contributed by atoms with Gasteiger partial charge in [-0.2, -0.15) is 0 Å². The van der Waals surface area contributed by atoms with Gasteiger partial charge >= 0.3 is 0 Å². The number of likely N-dealkylation sites (tertiary alicyclic amines) is 1. The number of carbonyl (C=O) groups excluding carboxylic acids is 3. The lowest BCUT2D eigenvalue weighted by Crippen LogP contribution is -2.57. The third-order valence-corrected chi connectivity index (χ3v) is 10.4. The van der Waals surface area contributed by atoms with E-state index in [9.17, 15) is 14.4 Å². The maximum Gasteiger partial charge on any atom is 0.246 e. The number of hydrogen-bond donors (Lipinski definition) is 1. The molecule has 1 heterocycles. The molecule has 47 heavy (non-hydrogen) atoms. The fourth-order valence-corrected chi connectivity index (χ4v) is 6.91. The number of rotatable bonds is 12. The van der Waals surface area contributed by atoms with Crippen LogP contribution < -0.4 is 5.73 Å². The summed E-state index contributed by atoms with van der Waals surface area (Å²) in [4.78, 5) is 49.7. The molecule has 250 valence electrons. The highest BCUT2D eigenvalue weighted by Crippen LogP contribution is 2.32. The first-order chi connectivity index (χ1) is 22.5. The van der Waals surface area contributed by atoms with Gasteiger partial charge in [-0.05, 0) is 80.6 Å². The minimum Gasteiger partial charge on any atom is -0.341 e. The average molecular weight is 638 g/mol. The van der Waals surface area contributed by atoms with Crippen LogP contribution in [0.2, 0.25) is 0 Å². The van der Waals surface area contributed by atoms with Crippen molar-refractivity contribution in [2.24, 2.45) is 5.73 Å². The third kappa shape index (κ3) is 8.48. The zero-order valence-electron chi connectivity index (χ0n) is 28.5. The number of carbonyl (C=O) groups is 3. The lowest BCUT2D eigenvalue weighted by Gasteiger charge is -2.40. The van der Waals surface area contributed by atoms with Crippen molar-refractivity contribution in [2.45, 2.75) is 75.0 Å². The van der Waals surface area contributed by atoms with E-state index in [0.29, 0.717) is 38.4 Å². The van der Waals surface area contributed by atoms with Gasteiger partial charge in [-0.3, -0.25) is 14.4 Å². The molecule has 3 amide bonds. The Balaban J connectivity index is 1.42. The number of fused-ring (bicyclic) bond motifs is 1. The molecule has 1 saturated heterocycles. The topological polar surface area (TPSA) is 90.2 Å². The van der Waals surface area contributed by atoms with Gasteiger partial charge < -0.3 is 25.3 Å². The summed E-state index contributed by atoms with van der Waals surface area (Å²) in [5.41, 5.74) is 8.09. The van der Waals surface area contributed by atoms with E-state index in [1.165, 1.54) is 4.90 Å². The van der Waals surface area contributed by atoms with Crippen LogP contribution in [0.15, 0.2) is 84.9 Å². The van der Waals surface area contributed by atoms with Crippen molar-refractivity contribution in [1.82, 2.24) is 19.6 Å². The highest BCUT2D eigenvalue weighted by atomic mass is 16.2. The van der Waals surface area contributed by atoms with Crippen LogP contribution in [0.3, 0.4) is 0 Å². The summed E-state index contributed by atoms with van der Waals surface area (Å²) >= 11 is 0. The highest BCUT2D eigenvalue weighted by Gasteiger charge is 2.38. The molecule has 2 atom stereocenters. The largest absolute Gasteiger partial charge is 0.341 e. The van der Waals surface area contributed by atoms with Gasteiger partial charge in [0.1, 0.15) is 12.1 Å². The molecule has 0 unspecified atom stereocenters. The van der Waals surface area contributed by atoms with E-state index < -0.39 is 12.1 Å². The Morgan fingerprint density at radius 3 is 2.11 bits per heavy atom. The maximum atomic E-state index is 14.6. The van der Waals surface area contributed by atoms with Crippen molar-refractivity contribution in [1.29, 1.82) is 0 Å². The van der Waals surface area contributed by atoms with Crippen molar-refractivity contribution in [3.8, 4) is 0 Å². The van der Waals surface area contributed by atoms with Gasteiger partial charge in [0, 0.05) is 51.6 Å². The van der Waals surface area contributed by atoms with E-state index >= 15 is 0 Å². The van der Waals surface area contributed by atoms with Crippen molar-refractivity contribution < 1.29 is 14.4 Å². The monoisotopic (exact) mass is 637 g/mol. The summed E-state index contributed by atoms with van der Waals surface area (Å²) in [6.07, 6.45) is 9.57. The van der Waals surface area contributed by atoms with Crippen LogP contribution in [0.25, 0.3) is 10.8 Å². The van der Waals surface area contributed by atoms with Gasteiger partial charge in [0.05, 0.1) is 0 Å². The summed E-state index contributed by atoms with van der Waals surface area (Å²) in [7, 11) is 7.57. The number of benzene rings is 3. The summed E-state index contributed by atoms with van der Waals surface area (Å²) in [5, 5.41) is 2.19. The number of piperidine rings is 1. The van der Waals surface area contributed by atoms with Gasteiger partial charge in [0.15, 0.2) is 0 Å². The molecular weight excluding hydrogens is 586 g/mol. The maximum absolute atomic E-state index is 14.6. The fraction of sp³-hybridized carbons (Fsp3) is 0.462. The minimum absolute atomic E-state index is 0.0472. The van der Waals surface area contributed by atoms with Gasteiger partial charge in [-0.25, -0.2) is 0 Å². The quantitative estimate of drug-likeness (QED) is 0.292. The first-order valence-electron chi connectivity index (χ1n) is 17.0. The molecule has 0 radical (unpaired) electrons. The molecule has 8 heteroatoms. The third-order valence-electron chi connectivity index (χ3n) is 10.4. The molecule has 3 aromatic rings. The van der Waals surface area contributed by atoms with E-state index in [2.05, 4.69) is 43.3 Å². The summed E-state index contributed by atoms with van der Waals surface area (Å²) in [6.45, 7) is 1.31. The molecule has 0 aromatic heterocycles. The Morgan fingerprint density at radius 1 is 0.830 bits per heavy atom. The van der Waals surface area contributed by atoms with Gasteiger partial charge in [-0.15, -0.1) is 0 Å². The molecule has 1 saturated carbocycles. The molecule has 2 fully saturated rings. The summed E-state index contributed by atoms with van der Waals surface area (Å²) in [6, 6.07) is 23.1. The molecule has 1 aliphatic heterocycles. The molecule has 2 aliphatic rings. The molecule has 2 N–H and O–H groups in total. The Hall–Kier alpha value is -4.01. The van der Waals surface area contributed by atoms with Crippen LogP contribution in [0.1, 0.15) is 49.7 Å². The Bertz CT molecular complexity index is 1560. The number of likely N-dealkylation sites (N-methyl/N-ethyl adjacent to an activating group) is 2. The van der Waals surface area contributed by atoms with Gasteiger partial charge in [-0.1, -0.05) is 78.9 Å². The van der Waals surface area contributed by atoms with E-state index in [1.54, 1.807) is 25.1 Å². The standard InChI is InChI=1S/C39H51N5O3/c1-41(2)33-19-24-44(25-20-33)38(47)35(27-29-12-6-5-7-13-29)43(4)37(46)34(28-30-17-18-31-14-8-9-15-32(31)26-30)42(3)36(45)16-10-21-39(40)22-11-23-39/h5-10,12-18,26,33-35H,11,19-25,27-28,40H2,1-4H3/t34-,35+/m0/s1. The Kier molecular flexibility index (Phi) is 11.1. The first-order valence-corrected chi connectivity index (χ1v) is 17.0. The molecule has 1 aliphatic carbocycles.